The molecule has 0 aliphatic carbocycles. The number of ether oxygens (including phenoxy) is 1. The Labute approximate surface area is 129 Å². The van der Waals surface area contributed by atoms with Crippen LogP contribution in [0.15, 0.2) is 54.6 Å². The predicted octanol–water partition coefficient (Wildman–Crippen LogP) is 4.23. The molecule has 1 N–H and O–H groups in total. The van der Waals surface area contributed by atoms with Crippen molar-refractivity contribution in [2.75, 3.05) is 11.9 Å². The molecule has 0 spiro atoms. The number of amides is 1. The molecule has 2 aromatic carbocycles. The molecule has 1 atom stereocenters. The molecule has 21 heavy (non-hydrogen) atoms. The van der Waals surface area contributed by atoms with E-state index in [4.69, 9.17) is 16.3 Å². The van der Waals surface area contributed by atoms with Crippen LogP contribution in [-0.2, 0) is 15.1 Å². The number of nitrogens with one attached hydrogen (secondary N) is 1. The molecule has 4 heteroatoms. The van der Waals surface area contributed by atoms with Gasteiger partial charge in [0, 0.05) is 17.3 Å². The zero-order chi connectivity index (χ0) is 15.3. The van der Waals surface area contributed by atoms with Crippen LogP contribution in [0.3, 0.4) is 0 Å². The lowest BCUT2D eigenvalue weighted by atomic mass is 9.94. The number of rotatable bonds is 5. The fraction of sp³-hybridized carbons (Fsp3) is 0.235. The molecule has 0 fully saturated rings. The minimum absolute atomic E-state index is 0.210. The molecule has 1 unspecified atom stereocenters. The summed E-state index contributed by atoms with van der Waals surface area (Å²) in [6.45, 7) is 4.09. The van der Waals surface area contributed by atoms with E-state index in [1.807, 2.05) is 37.3 Å². The second kappa shape index (κ2) is 6.74. The molecule has 0 bridgehead atoms. The molecule has 0 heterocycles. The molecule has 0 saturated carbocycles. The summed E-state index contributed by atoms with van der Waals surface area (Å²) in [5.41, 5.74) is 0.472. The summed E-state index contributed by atoms with van der Waals surface area (Å²) in [7, 11) is 0. The highest BCUT2D eigenvalue weighted by Crippen LogP contribution is 2.27. The molecule has 3 nitrogen and oxygen atoms in total. The summed E-state index contributed by atoms with van der Waals surface area (Å²) >= 11 is 5.85. The normalized spacial score (nSPS) is 13.5. The highest BCUT2D eigenvalue weighted by atomic mass is 35.5. The molecule has 1 amide bonds. The van der Waals surface area contributed by atoms with Crippen LogP contribution in [0.5, 0.6) is 0 Å². The van der Waals surface area contributed by atoms with E-state index >= 15 is 0 Å². The Morgan fingerprint density at radius 3 is 2.33 bits per heavy atom. The van der Waals surface area contributed by atoms with Gasteiger partial charge in [0.2, 0.25) is 0 Å². The Kier molecular flexibility index (Phi) is 4.99. The van der Waals surface area contributed by atoms with Crippen LogP contribution in [0.25, 0.3) is 0 Å². The maximum absolute atomic E-state index is 12.6. The quantitative estimate of drug-likeness (QED) is 0.897. The van der Waals surface area contributed by atoms with Crippen LogP contribution in [0, 0.1) is 0 Å². The number of anilines is 1. The molecule has 0 saturated heterocycles. The maximum Gasteiger partial charge on any atom is 0.260 e. The topological polar surface area (TPSA) is 38.3 Å². The van der Waals surface area contributed by atoms with Gasteiger partial charge >= 0.3 is 0 Å². The van der Waals surface area contributed by atoms with Gasteiger partial charge in [-0.2, -0.15) is 0 Å². The molecular formula is C17H18ClNO2. The van der Waals surface area contributed by atoms with Crippen molar-refractivity contribution in [1.82, 2.24) is 0 Å². The minimum Gasteiger partial charge on any atom is -0.361 e. The van der Waals surface area contributed by atoms with Crippen molar-refractivity contribution < 1.29 is 9.53 Å². The summed E-state index contributed by atoms with van der Waals surface area (Å²) in [6, 6.07) is 16.5. The standard InChI is InChI=1S/C17H18ClNO2/c1-3-21-17(2,13-7-5-4-6-8-13)16(20)19-15-11-9-14(18)10-12-15/h4-12H,3H2,1-2H3,(H,19,20). The molecule has 0 aliphatic rings. The Hall–Kier alpha value is -1.84. The zero-order valence-corrected chi connectivity index (χ0v) is 12.9. The van der Waals surface area contributed by atoms with Crippen molar-refractivity contribution in [3.63, 3.8) is 0 Å². The van der Waals surface area contributed by atoms with Crippen molar-refractivity contribution in [3.05, 3.63) is 65.2 Å². The van der Waals surface area contributed by atoms with Crippen molar-refractivity contribution in [3.8, 4) is 0 Å². The van der Waals surface area contributed by atoms with Gasteiger partial charge in [-0.15, -0.1) is 0 Å². The average molecular weight is 304 g/mol. The first-order valence-electron chi connectivity index (χ1n) is 6.83. The van der Waals surface area contributed by atoms with Crippen molar-refractivity contribution in [2.45, 2.75) is 19.4 Å². The summed E-state index contributed by atoms with van der Waals surface area (Å²) < 4.78 is 5.74. The first-order valence-corrected chi connectivity index (χ1v) is 7.20. The summed E-state index contributed by atoms with van der Waals surface area (Å²) in [4.78, 5) is 12.6. The number of hydrogen-bond acceptors (Lipinski definition) is 2. The Bertz CT molecular complexity index is 598. The number of benzene rings is 2. The molecular weight excluding hydrogens is 286 g/mol. The average Bonchev–Trinajstić information content (AvgIpc) is 2.50. The Morgan fingerprint density at radius 1 is 1.14 bits per heavy atom. The first kappa shape index (κ1) is 15.5. The Morgan fingerprint density at radius 2 is 1.76 bits per heavy atom. The van der Waals surface area contributed by atoms with E-state index < -0.39 is 5.60 Å². The van der Waals surface area contributed by atoms with Gasteiger partial charge in [0.25, 0.3) is 5.91 Å². The van der Waals surface area contributed by atoms with Gasteiger partial charge in [-0.1, -0.05) is 41.9 Å². The summed E-state index contributed by atoms with van der Waals surface area (Å²) in [6.07, 6.45) is 0. The van der Waals surface area contributed by atoms with Gasteiger partial charge in [-0.05, 0) is 43.7 Å². The van der Waals surface area contributed by atoms with E-state index in [2.05, 4.69) is 5.32 Å². The lowest BCUT2D eigenvalue weighted by Gasteiger charge is -2.28. The van der Waals surface area contributed by atoms with Crippen LogP contribution in [0.1, 0.15) is 19.4 Å². The lowest BCUT2D eigenvalue weighted by molar-refractivity contribution is -0.140. The SMILES string of the molecule is CCOC(C)(C(=O)Nc1ccc(Cl)cc1)c1ccccc1. The number of hydrogen-bond donors (Lipinski definition) is 1. The molecule has 2 aromatic rings. The van der Waals surface area contributed by atoms with E-state index in [0.717, 1.165) is 5.56 Å². The van der Waals surface area contributed by atoms with E-state index in [-0.39, 0.29) is 5.91 Å². The lowest BCUT2D eigenvalue weighted by Crippen LogP contribution is -2.40. The third-order valence-corrected chi connectivity index (χ3v) is 3.55. The number of carbonyl (C=O) groups is 1. The van der Waals surface area contributed by atoms with Crippen LogP contribution in [0.4, 0.5) is 5.69 Å². The van der Waals surface area contributed by atoms with Crippen molar-refractivity contribution in [1.29, 1.82) is 0 Å². The second-order valence-corrected chi connectivity index (χ2v) is 5.23. The van der Waals surface area contributed by atoms with Gasteiger partial charge in [-0.25, -0.2) is 0 Å². The third kappa shape index (κ3) is 3.63. The molecule has 0 aliphatic heterocycles. The highest BCUT2D eigenvalue weighted by Gasteiger charge is 2.35. The highest BCUT2D eigenvalue weighted by molar-refractivity contribution is 6.30. The van der Waals surface area contributed by atoms with Gasteiger partial charge in [0.15, 0.2) is 5.60 Å². The fourth-order valence-electron chi connectivity index (χ4n) is 2.11. The smallest absolute Gasteiger partial charge is 0.260 e. The number of carbonyl (C=O) groups excluding carboxylic acids is 1. The molecule has 110 valence electrons. The van der Waals surface area contributed by atoms with Crippen LogP contribution < -0.4 is 5.32 Å². The maximum atomic E-state index is 12.6. The van der Waals surface area contributed by atoms with Gasteiger partial charge in [0.1, 0.15) is 0 Å². The summed E-state index contributed by atoms with van der Waals surface area (Å²) in [5.74, 6) is -0.210. The van der Waals surface area contributed by atoms with E-state index in [1.165, 1.54) is 0 Å². The molecule has 0 radical (unpaired) electrons. The first-order chi connectivity index (χ1) is 10.1. The zero-order valence-electron chi connectivity index (χ0n) is 12.1. The van der Waals surface area contributed by atoms with E-state index in [0.29, 0.717) is 17.3 Å². The largest absolute Gasteiger partial charge is 0.361 e. The van der Waals surface area contributed by atoms with E-state index in [1.54, 1.807) is 31.2 Å². The van der Waals surface area contributed by atoms with Crippen molar-refractivity contribution >= 4 is 23.2 Å². The van der Waals surface area contributed by atoms with Gasteiger partial charge < -0.3 is 10.1 Å². The number of halogens is 1. The predicted molar refractivity (Wildman–Crippen MR) is 85.5 cm³/mol. The molecule has 2 rings (SSSR count). The van der Waals surface area contributed by atoms with Crippen LogP contribution >= 0.6 is 11.6 Å². The second-order valence-electron chi connectivity index (χ2n) is 4.79. The van der Waals surface area contributed by atoms with Gasteiger partial charge in [0.05, 0.1) is 0 Å². The van der Waals surface area contributed by atoms with E-state index in [9.17, 15) is 4.79 Å². The van der Waals surface area contributed by atoms with Gasteiger partial charge in [-0.3, -0.25) is 4.79 Å². The van der Waals surface area contributed by atoms with Crippen molar-refractivity contribution in [2.24, 2.45) is 0 Å². The third-order valence-electron chi connectivity index (χ3n) is 3.29. The Balaban J connectivity index is 2.25. The van der Waals surface area contributed by atoms with Crippen LogP contribution in [0.2, 0.25) is 5.02 Å². The summed E-state index contributed by atoms with van der Waals surface area (Å²) in [5, 5.41) is 3.50. The van der Waals surface area contributed by atoms with Crippen LogP contribution in [-0.4, -0.2) is 12.5 Å². The minimum atomic E-state index is -1.03. The fourth-order valence-corrected chi connectivity index (χ4v) is 2.23. The monoisotopic (exact) mass is 303 g/mol. The molecule has 0 aromatic heterocycles.